The van der Waals surface area contributed by atoms with Crippen LogP contribution in [0, 0.1) is 5.41 Å². The van der Waals surface area contributed by atoms with Gasteiger partial charge in [-0.05, 0) is 20.8 Å². The molecular formula is C8H14O3Sg. The summed E-state index contributed by atoms with van der Waals surface area (Å²) in [5, 5.41) is 8.45. The summed E-state index contributed by atoms with van der Waals surface area (Å²) < 4.78 is 0. The van der Waals surface area contributed by atoms with Crippen molar-refractivity contribution in [3.8, 4) is 0 Å². The van der Waals surface area contributed by atoms with Gasteiger partial charge in [-0.3, -0.25) is 9.59 Å². The summed E-state index contributed by atoms with van der Waals surface area (Å²) in [6, 6.07) is 0. The van der Waals surface area contributed by atoms with Gasteiger partial charge in [-0.25, -0.2) is 0 Å². The van der Waals surface area contributed by atoms with Crippen molar-refractivity contribution in [1.29, 1.82) is 0 Å². The summed E-state index contributed by atoms with van der Waals surface area (Å²) in [6.45, 7) is 4.35. The molecule has 0 bridgehead atoms. The number of Topliss-reactive ketones (excluding diaryl/α,β-unsaturated/α-hetero) is 2. The van der Waals surface area contributed by atoms with Gasteiger partial charge in [0.15, 0.2) is 0 Å². The van der Waals surface area contributed by atoms with Crippen molar-refractivity contribution in [2.24, 2.45) is 5.41 Å². The minimum atomic E-state index is -0.928. The molecular weight excluding hydrogens is 413 g/mol. The quantitative estimate of drug-likeness (QED) is 0.668. The number of aliphatic hydroxyl groups is 1. The zero-order valence-electron chi connectivity index (χ0n) is 7.89. The Morgan fingerprint density at radius 2 is 1.75 bits per heavy atom. The first-order valence-electron chi connectivity index (χ1n) is 3.58. The zero-order chi connectivity index (χ0) is 9.07. The fourth-order valence-electron chi connectivity index (χ4n) is 0.610. The van der Waals surface area contributed by atoms with Gasteiger partial charge in [-0.15, -0.1) is 0 Å². The van der Waals surface area contributed by atoms with Crippen LogP contribution in [0.25, 0.3) is 0 Å². The van der Waals surface area contributed by atoms with Crippen molar-refractivity contribution in [1.82, 2.24) is 0 Å². The van der Waals surface area contributed by atoms with E-state index in [1.54, 1.807) is 13.8 Å². The third kappa shape index (κ3) is 2.50. The molecule has 1 N–H and O–H groups in total. The summed E-state index contributed by atoms with van der Waals surface area (Å²) >= 11 is 0. The van der Waals surface area contributed by atoms with Gasteiger partial charge < -0.3 is 5.11 Å². The average molecular weight is 427 g/mol. The van der Waals surface area contributed by atoms with E-state index in [1.807, 2.05) is 0 Å². The number of hydrogen-bond acceptors (Lipinski definition) is 3. The second kappa shape index (κ2) is 4.23. The predicted molar refractivity (Wildman–Crippen MR) is 41.2 cm³/mol. The molecule has 12 heavy (non-hydrogen) atoms. The first-order valence-corrected chi connectivity index (χ1v) is 3.58. The fraction of sp³-hybridized carbons (Fsp3) is 0.750. The first kappa shape index (κ1) is 12.9. The van der Waals surface area contributed by atoms with Crippen LogP contribution in [-0.4, -0.2) is 23.3 Å². The Morgan fingerprint density at radius 1 is 1.33 bits per heavy atom. The molecule has 66 valence electrons. The van der Waals surface area contributed by atoms with Crippen molar-refractivity contribution < 1.29 is 14.7 Å². The van der Waals surface area contributed by atoms with E-state index >= 15 is 0 Å². The smallest absolute Gasteiger partial charge is 0.148 e. The summed E-state index contributed by atoms with van der Waals surface area (Å²) in [5.74, 6) is -0.358. The monoisotopic (exact) mass is 429 g/mol. The van der Waals surface area contributed by atoms with Crippen LogP contribution in [0.4, 0.5) is 0 Å². The maximum absolute atomic E-state index is 11.1. The molecule has 0 aliphatic carbocycles. The number of aliphatic hydroxyl groups excluding tert-OH is 1. The van der Waals surface area contributed by atoms with Crippen LogP contribution in [0.1, 0.15) is 27.2 Å². The van der Waals surface area contributed by atoms with E-state index in [0.29, 0.717) is 0 Å². The van der Waals surface area contributed by atoms with Crippen LogP contribution >= 0.6 is 0 Å². The van der Waals surface area contributed by atoms with Gasteiger partial charge in [-0.2, -0.15) is 0 Å². The Hall–Kier alpha value is -1.70. The molecule has 3 nitrogen and oxygen atoms in total. The Labute approximate surface area is 66.4 Å². The number of ketones is 2. The molecule has 0 saturated carbocycles. The molecule has 0 radical (unpaired) electrons. The molecule has 0 unspecified atom stereocenters. The SMILES string of the molecule is CC(=O)C(C)(C)C(=O)CCO.[Sg]. The van der Waals surface area contributed by atoms with Crippen molar-refractivity contribution in [3.63, 3.8) is 0 Å². The third-order valence-corrected chi connectivity index (χ3v) is 1.92. The van der Waals surface area contributed by atoms with Gasteiger partial charge in [0.25, 0.3) is 0 Å². The minimum absolute atomic E-state index is 0. The summed E-state index contributed by atoms with van der Waals surface area (Å²) in [6.07, 6.45) is 0.0621. The Bertz CT molecular complexity index is 175. The van der Waals surface area contributed by atoms with E-state index in [4.69, 9.17) is 5.11 Å². The maximum atomic E-state index is 11.1. The molecule has 0 heterocycles. The Balaban J connectivity index is 0. The van der Waals surface area contributed by atoms with Gasteiger partial charge in [0.2, 0.25) is 0 Å². The van der Waals surface area contributed by atoms with E-state index in [9.17, 15) is 9.59 Å². The van der Waals surface area contributed by atoms with Crippen LogP contribution in [0.15, 0.2) is 0 Å². The third-order valence-electron chi connectivity index (χ3n) is 1.92. The van der Waals surface area contributed by atoms with Crippen molar-refractivity contribution >= 4 is 11.6 Å². The van der Waals surface area contributed by atoms with E-state index < -0.39 is 5.41 Å². The van der Waals surface area contributed by atoms with E-state index in [2.05, 4.69) is 0 Å². The topological polar surface area (TPSA) is 54.4 Å². The molecule has 0 aromatic rings. The van der Waals surface area contributed by atoms with E-state index in [0.717, 1.165) is 0 Å². The molecule has 0 atom stereocenters. The molecule has 0 rings (SSSR count). The first-order chi connectivity index (χ1) is 4.92. The Kier molecular flexibility index (Phi) is 4.56. The van der Waals surface area contributed by atoms with Crippen molar-refractivity contribution in [3.05, 3.63) is 0 Å². The largest absolute Gasteiger partial charge is 0.396 e. The van der Waals surface area contributed by atoms with Gasteiger partial charge >= 0.3 is 0 Å². The molecule has 0 aromatic carbocycles. The van der Waals surface area contributed by atoms with Crippen molar-refractivity contribution in [2.75, 3.05) is 6.61 Å². The minimum Gasteiger partial charge on any atom is -0.396 e. The maximum Gasteiger partial charge on any atom is 0.148 e. The molecule has 0 aliphatic rings. The second-order valence-electron chi connectivity index (χ2n) is 3.08. The summed E-state index contributed by atoms with van der Waals surface area (Å²) in [4.78, 5) is 22.0. The summed E-state index contributed by atoms with van der Waals surface area (Å²) in [7, 11) is 0. The number of carbonyl (C=O) groups excluding carboxylic acids is 2. The van der Waals surface area contributed by atoms with Gasteiger partial charge in [0.05, 0.1) is 5.41 Å². The van der Waals surface area contributed by atoms with Crippen LogP contribution in [0.3, 0.4) is 0 Å². The van der Waals surface area contributed by atoms with Crippen LogP contribution < -0.4 is 0 Å². The zero-order valence-corrected chi connectivity index (χ0v) is 14.4. The van der Waals surface area contributed by atoms with E-state index in [1.165, 1.54) is 6.92 Å². The molecule has 0 aliphatic heterocycles. The second-order valence-corrected chi connectivity index (χ2v) is 3.08. The molecule has 0 fully saturated rings. The predicted octanol–water partition coefficient (Wildman–Crippen LogP) is 0.553. The number of hydrogen-bond donors (Lipinski definition) is 1. The normalized spacial score (nSPS) is 10.3. The van der Waals surface area contributed by atoms with Gasteiger partial charge in [0.1, 0.15) is 11.6 Å². The number of carbonyl (C=O) groups is 2. The number of rotatable bonds is 4. The van der Waals surface area contributed by atoms with Crippen LogP contribution in [0.5, 0.6) is 0 Å². The molecule has 4 heteroatoms. The fourth-order valence-corrected chi connectivity index (χ4v) is 0.610. The molecule has 0 saturated heterocycles. The van der Waals surface area contributed by atoms with Crippen molar-refractivity contribution in [2.45, 2.75) is 27.2 Å². The van der Waals surface area contributed by atoms with E-state index in [-0.39, 0.29) is 24.6 Å². The molecule has 0 spiro atoms. The molecule has 0 amide bonds. The van der Waals surface area contributed by atoms with Crippen LogP contribution in [-0.2, 0) is 9.59 Å². The summed E-state index contributed by atoms with van der Waals surface area (Å²) in [5.41, 5.74) is -0.928. The average Bonchev–Trinajstić information content (AvgIpc) is 1.88. The Morgan fingerprint density at radius 3 is 2.00 bits per heavy atom. The molecule has 0 aromatic heterocycles. The standard InChI is InChI=1S/C8H14O3.Sg/c1-6(10)8(2,3)7(11)4-5-9;/h9H,4-5H2,1-3H3;. The van der Waals surface area contributed by atoms with Gasteiger partial charge in [-0.1, -0.05) is 0 Å². The van der Waals surface area contributed by atoms with Gasteiger partial charge in [0, 0.05) is 13.0 Å². The van der Waals surface area contributed by atoms with Crippen LogP contribution in [0.2, 0.25) is 0 Å².